The molecule has 3 aromatic rings. The number of rotatable bonds is 6. The van der Waals surface area contributed by atoms with Crippen molar-refractivity contribution in [1.82, 2.24) is 15.1 Å². The molecule has 0 fully saturated rings. The standard InChI is InChI=1S/C16H16N6O3/c1-11-8-13(20-25-11)19-15-14(22(23)24)16(18-10-17-15)21(2)9-12-6-4-3-5-7-12/h3-8,10H,9H2,1-2H3,(H,17,18,19,20). The van der Waals surface area contributed by atoms with Gasteiger partial charge in [-0.15, -0.1) is 0 Å². The second kappa shape index (κ2) is 6.95. The molecule has 3 rings (SSSR count). The van der Waals surface area contributed by atoms with Crippen LogP contribution in [0.25, 0.3) is 0 Å². The van der Waals surface area contributed by atoms with Gasteiger partial charge in [-0.1, -0.05) is 35.5 Å². The Hall–Kier alpha value is -3.49. The maximum absolute atomic E-state index is 11.6. The van der Waals surface area contributed by atoms with Gasteiger partial charge in [0.1, 0.15) is 12.1 Å². The van der Waals surface area contributed by atoms with Crippen LogP contribution in [0.1, 0.15) is 11.3 Å². The highest BCUT2D eigenvalue weighted by Crippen LogP contribution is 2.33. The van der Waals surface area contributed by atoms with Crippen LogP contribution in [0.4, 0.5) is 23.1 Å². The second-order valence-electron chi connectivity index (χ2n) is 5.44. The minimum Gasteiger partial charge on any atom is -0.360 e. The summed E-state index contributed by atoms with van der Waals surface area (Å²) in [7, 11) is 1.74. The lowest BCUT2D eigenvalue weighted by Gasteiger charge is -2.18. The van der Waals surface area contributed by atoms with Crippen LogP contribution in [0.3, 0.4) is 0 Å². The van der Waals surface area contributed by atoms with Crippen molar-refractivity contribution in [3.63, 3.8) is 0 Å². The first-order chi connectivity index (χ1) is 12.0. The van der Waals surface area contributed by atoms with Gasteiger partial charge in [-0.05, 0) is 12.5 Å². The van der Waals surface area contributed by atoms with Crippen LogP contribution in [0.2, 0.25) is 0 Å². The number of aryl methyl sites for hydroxylation is 1. The Balaban J connectivity index is 1.93. The zero-order chi connectivity index (χ0) is 17.8. The van der Waals surface area contributed by atoms with E-state index in [-0.39, 0.29) is 17.3 Å². The summed E-state index contributed by atoms with van der Waals surface area (Å²) >= 11 is 0. The van der Waals surface area contributed by atoms with E-state index >= 15 is 0 Å². The van der Waals surface area contributed by atoms with Gasteiger partial charge in [0, 0.05) is 19.7 Å². The van der Waals surface area contributed by atoms with Gasteiger partial charge in [-0.3, -0.25) is 10.1 Å². The van der Waals surface area contributed by atoms with Gasteiger partial charge >= 0.3 is 5.69 Å². The lowest BCUT2D eigenvalue weighted by Crippen LogP contribution is -2.20. The van der Waals surface area contributed by atoms with Crippen molar-refractivity contribution in [2.24, 2.45) is 0 Å². The lowest BCUT2D eigenvalue weighted by molar-refractivity contribution is -0.383. The zero-order valence-corrected chi connectivity index (χ0v) is 13.7. The average Bonchev–Trinajstić information content (AvgIpc) is 3.00. The van der Waals surface area contributed by atoms with Crippen molar-refractivity contribution in [2.75, 3.05) is 17.3 Å². The molecule has 0 amide bonds. The van der Waals surface area contributed by atoms with Gasteiger partial charge in [0.2, 0.25) is 11.6 Å². The molecule has 0 unspecified atom stereocenters. The molecule has 0 aliphatic carbocycles. The van der Waals surface area contributed by atoms with Crippen molar-refractivity contribution < 1.29 is 9.45 Å². The summed E-state index contributed by atoms with van der Waals surface area (Å²) in [5.41, 5.74) is 0.793. The number of benzene rings is 1. The van der Waals surface area contributed by atoms with Crippen LogP contribution in [0.5, 0.6) is 0 Å². The van der Waals surface area contributed by atoms with Crippen molar-refractivity contribution in [3.05, 3.63) is 64.2 Å². The molecule has 0 radical (unpaired) electrons. The highest BCUT2D eigenvalue weighted by atomic mass is 16.6. The van der Waals surface area contributed by atoms with E-state index in [1.165, 1.54) is 6.33 Å². The Morgan fingerprint density at radius 1 is 1.28 bits per heavy atom. The molecule has 1 N–H and O–H groups in total. The monoisotopic (exact) mass is 340 g/mol. The Kier molecular flexibility index (Phi) is 4.55. The van der Waals surface area contributed by atoms with Gasteiger partial charge in [-0.2, -0.15) is 0 Å². The van der Waals surface area contributed by atoms with E-state index in [4.69, 9.17) is 4.52 Å². The number of hydrogen-bond donors (Lipinski definition) is 1. The molecule has 2 heterocycles. The van der Waals surface area contributed by atoms with Crippen LogP contribution in [-0.2, 0) is 6.54 Å². The van der Waals surface area contributed by atoms with Crippen molar-refractivity contribution >= 4 is 23.1 Å². The van der Waals surface area contributed by atoms with Crippen molar-refractivity contribution in [1.29, 1.82) is 0 Å². The summed E-state index contributed by atoms with van der Waals surface area (Å²) in [6.45, 7) is 2.20. The predicted molar refractivity (Wildman–Crippen MR) is 91.8 cm³/mol. The molecule has 1 aromatic carbocycles. The van der Waals surface area contributed by atoms with E-state index in [1.54, 1.807) is 24.9 Å². The molecule has 0 spiro atoms. The lowest BCUT2D eigenvalue weighted by atomic mass is 10.2. The third kappa shape index (κ3) is 3.71. The zero-order valence-electron chi connectivity index (χ0n) is 13.7. The van der Waals surface area contributed by atoms with Gasteiger partial charge in [0.25, 0.3) is 0 Å². The normalized spacial score (nSPS) is 10.5. The van der Waals surface area contributed by atoms with E-state index in [2.05, 4.69) is 20.4 Å². The molecule has 25 heavy (non-hydrogen) atoms. The Labute approximate surface area is 143 Å². The SMILES string of the molecule is Cc1cc(Nc2ncnc(N(C)Cc3ccccc3)c2[N+](=O)[O-])no1. The number of nitrogens with zero attached hydrogens (tertiary/aromatic N) is 5. The fraction of sp³-hybridized carbons (Fsp3) is 0.188. The summed E-state index contributed by atoms with van der Waals surface area (Å²) in [5.74, 6) is 1.20. The first kappa shape index (κ1) is 16.4. The molecule has 0 bridgehead atoms. The number of hydrogen-bond acceptors (Lipinski definition) is 8. The smallest absolute Gasteiger partial charge is 0.353 e. The molecule has 9 nitrogen and oxygen atoms in total. The Bertz CT molecular complexity index is 881. The summed E-state index contributed by atoms with van der Waals surface area (Å²) in [6.07, 6.45) is 1.28. The van der Waals surface area contributed by atoms with Crippen molar-refractivity contribution in [2.45, 2.75) is 13.5 Å². The third-order valence-corrected chi connectivity index (χ3v) is 3.48. The number of nitrogens with one attached hydrogen (secondary N) is 1. The van der Waals surface area contributed by atoms with E-state index < -0.39 is 4.92 Å². The molecule has 128 valence electrons. The molecular weight excluding hydrogens is 324 g/mol. The Morgan fingerprint density at radius 3 is 2.68 bits per heavy atom. The molecule has 0 aliphatic rings. The fourth-order valence-corrected chi connectivity index (χ4v) is 2.39. The van der Waals surface area contributed by atoms with Crippen LogP contribution in [-0.4, -0.2) is 27.1 Å². The van der Waals surface area contributed by atoms with Gasteiger partial charge < -0.3 is 14.7 Å². The van der Waals surface area contributed by atoms with Crippen molar-refractivity contribution in [3.8, 4) is 0 Å². The average molecular weight is 340 g/mol. The largest absolute Gasteiger partial charge is 0.360 e. The molecule has 0 atom stereocenters. The van der Waals surface area contributed by atoms with E-state index in [1.807, 2.05) is 30.3 Å². The minimum atomic E-state index is -0.508. The second-order valence-corrected chi connectivity index (χ2v) is 5.44. The first-order valence-electron chi connectivity index (χ1n) is 7.49. The summed E-state index contributed by atoms with van der Waals surface area (Å²) in [5, 5.41) is 18.2. The molecular formula is C16H16N6O3. The Morgan fingerprint density at radius 2 is 2.04 bits per heavy atom. The summed E-state index contributed by atoms with van der Waals surface area (Å²) < 4.78 is 4.96. The van der Waals surface area contributed by atoms with Gasteiger partial charge in [0.05, 0.1) is 4.92 Å². The number of nitro groups is 1. The molecule has 0 saturated carbocycles. The van der Waals surface area contributed by atoms with Crippen LogP contribution < -0.4 is 10.2 Å². The van der Waals surface area contributed by atoms with E-state index in [0.29, 0.717) is 18.1 Å². The van der Waals surface area contributed by atoms with Gasteiger partial charge in [0.15, 0.2) is 5.82 Å². The van der Waals surface area contributed by atoms with Gasteiger partial charge in [-0.25, -0.2) is 9.97 Å². The first-order valence-corrected chi connectivity index (χ1v) is 7.49. The molecule has 0 aliphatic heterocycles. The summed E-state index contributed by atoms with van der Waals surface area (Å²) in [4.78, 5) is 20.9. The van der Waals surface area contributed by atoms with Crippen LogP contribution in [0, 0.1) is 17.0 Å². The van der Waals surface area contributed by atoms with Crippen LogP contribution >= 0.6 is 0 Å². The maximum Gasteiger partial charge on any atom is 0.353 e. The molecule has 9 heteroatoms. The highest BCUT2D eigenvalue weighted by molar-refractivity contribution is 5.73. The van der Waals surface area contributed by atoms with E-state index in [0.717, 1.165) is 5.56 Å². The third-order valence-electron chi connectivity index (χ3n) is 3.48. The highest BCUT2D eigenvalue weighted by Gasteiger charge is 2.26. The number of anilines is 3. The fourth-order valence-electron chi connectivity index (χ4n) is 2.39. The maximum atomic E-state index is 11.6. The summed E-state index contributed by atoms with van der Waals surface area (Å²) in [6, 6.07) is 11.3. The minimum absolute atomic E-state index is 0.0585. The van der Waals surface area contributed by atoms with E-state index in [9.17, 15) is 10.1 Å². The quantitative estimate of drug-likeness (QED) is 0.538. The van der Waals surface area contributed by atoms with Crippen LogP contribution in [0.15, 0.2) is 47.2 Å². The molecule has 0 saturated heterocycles. The molecule has 2 aromatic heterocycles. The predicted octanol–water partition coefficient (Wildman–Crippen LogP) is 3.06. The topological polar surface area (TPSA) is 110 Å². The number of aromatic nitrogens is 3.